The van der Waals surface area contributed by atoms with Gasteiger partial charge in [0.2, 0.25) is 5.91 Å². The van der Waals surface area contributed by atoms with Gasteiger partial charge in [-0.25, -0.2) is 9.97 Å². The van der Waals surface area contributed by atoms with E-state index in [2.05, 4.69) is 20.9 Å². The molecule has 1 aromatic heterocycles. The second-order valence-corrected chi connectivity index (χ2v) is 6.70. The Kier molecular flexibility index (Phi) is 5.53. The number of morpholine rings is 1. The van der Waals surface area contributed by atoms with Crippen molar-refractivity contribution in [3.05, 3.63) is 11.8 Å². The first kappa shape index (κ1) is 17.0. The van der Waals surface area contributed by atoms with E-state index in [4.69, 9.17) is 4.74 Å². The standard InChI is InChI=1S/C16H21N5O2S/c1-24-16-18-10-13(9-17)14(19-16)21-4-2-3-12(11-21)15(22)20-5-7-23-8-6-20/h10,12H,2-8,11H2,1H3. The largest absolute Gasteiger partial charge is 0.378 e. The zero-order valence-corrected chi connectivity index (χ0v) is 14.6. The van der Waals surface area contributed by atoms with E-state index in [1.807, 2.05) is 11.2 Å². The lowest BCUT2D eigenvalue weighted by molar-refractivity contribution is -0.139. The maximum atomic E-state index is 12.7. The number of carbonyl (C=O) groups is 1. The number of piperidine rings is 1. The molecule has 0 aromatic carbocycles. The molecule has 0 spiro atoms. The highest BCUT2D eigenvalue weighted by Gasteiger charge is 2.31. The van der Waals surface area contributed by atoms with Gasteiger partial charge in [-0.3, -0.25) is 4.79 Å². The number of aromatic nitrogens is 2. The van der Waals surface area contributed by atoms with E-state index in [1.165, 1.54) is 11.8 Å². The first-order chi connectivity index (χ1) is 11.7. The van der Waals surface area contributed by atoms with Gasteiger partial charge in [-0.05, 0) is 19.1 Å². The molecule has 1 atom stereocenters. The van der Waals surface area contributed by atoms with Gasteiger partial charge in [0, 0.05) is 26.2 Å². The van der Waals surface area contributed by atoms with Crippen molar-refractivity contribution in [2.75, 3.05) is 50.5 Å². The lowest BCUT2D eigenvalue weighted by Gasteiger charge is -2.36. The van der Waals surface area contributed by atoms with Crippen molar-refractivity contribution in [1.29, 1.82) is 5.26 Å². The first-order valence-electron chi connectivity index (χ1n) is 8.15. The monoisotopic (exact) mass is 347 g/mol. The SMILES string of the molecule is CSc1ncc(C#N)c(N2CCCC(C(=O)N3CCOCC3)C2)n1. The predicted molar refractivity (Wildman–Crippen MR) is 90.9 cm³/mol. The summed E-state index contributed by atoms with van der Waals surface area (Å²) >= 11 is 1.45. The first-order valence-corrected chi connectivity index (χ1v) is 9.38. The van der Waals surface area contributed by atoms with Gasteiger partial charge in [0.25, 0.3) is 0 Å². The van der Waals surface area contributed by atoms with Crippen LogP contribution in [0.25, 0.3) is 0 Å². The molecule has 7 nitrogen and oxygen atoms in total. The summed E-state index contributed by atoms with van der Waals surface area (Å²) < 4.78 is 5.32. The third-order valence-corrected chi connectivity index (χ3v) is 5.00. The maximum Gasteiger partial charge on any atom is 0.227 e. The van der Waals surface area contributed by atoms with Crippen LogP contribution >= 0.6 is 11.8 Å². The highest BCUT2D eigenvalue weighted by molar-refractivity contribution is 7.98. The molecule has 2 aliphatic rings. The fraction of sp³-hybridized carbons (Fsp3) is 0.625. The summed E-state index contributed by atoms with van der Waals surface area (Å²) in [5.74, 6) is 0.799. The second-order valence-electron chi connectivity index (χ2n) is 5.93. The number of amides is 1. The van der Waals surface area contributed by atoms with Crippen LogP contribution in [-0.2, 0) is 9.53 Å². The van der Waals surface area contributed by atoms with Crippen molar-refractivity contribution in [2.45, 2.75) is 18.0 Å². The molecule has 1 unspecified atom stereocenters. The molecule has 24 heavy (non-hydrogen) atoms. The van der Waals surface area contributed by atoms with E-state index in [0.29, 0.717) is 49.4 Å². The van der Waals surface area contributed by atoms with Crippen LogP contribution in [0.4, 0.5) is 5.82 Å². The number of hydrogen-bond donors (Lipinski definition) is 0. The van der Waals surface area contributed by atoms with Crippen molar-refractivity contribution < 1.29 is 9.53 Å². The fourth-order valence-electron chi connectivity index (χ4n) is 3.19. The Morgan fingerprint density at radius 2 is 2.21 bits per heavy atom. The summed E-state index contributed by atoms with van der Waals surface area (Å²) in [4.78, 5) is 25.4. The fourth-order valence-corrected chi connectivity index (χ4v) is 3.52. The number of carbonyl (C=O) groups excluding carboxylic acids is 1. The van der Waals surface area contributed by atoms with Gasteiger partial charge < -0.3 is 14.5 Å². The van der Waals surface area contributed by atoms with Crippen molar-refractivity contribution in [3.8, 4) is 6.07 Å². The summed E-state index contributed by atoms with van der Waals surface area (Å²) in [6.45, 7) is 3.99. The van der Waals surface area contributed by atoms with Crippen LogP contribution in [0.2, 0.25) is 0 Å². The highest BCUT2D eigenvalue weighted by Crippen LogP contribution is 2.27. The summed E-state index contributed by atoms with van der Waals surface area (Å²) in [6, 6.07) is 2.16. The molecule has 0 N–H and O–H groups in total. The molecule has 0 bridgehead atoms. The van der Waals surface area contributed by atoms with Crippen LogP contribution in [-0.4, -0.2) is 66.4 Å². The number of nitriles is 1. The van der Waals surface area contributed by atoms with Crippen molar-refractivity contribution in [1.82, 2.24) is 14.9 Å². The molecular formula is C16H21N5O2S. The van der Waals surface area contributed by atoms with E-state index >= 15 is 0 Å². The van der Waals surface area contributed by atoms with Gasteiger partial charge in [0.1, 0.15) is 11.6 Å². The Bertz CT molecular complexity index is 642. The Hall–Kier alpha value is -1.85. The molecule has 2 saturated heterocycles. The van der Waals surface area contributed by atoms with E-state index < -0.39 is 0 Å². The molecule has 128 valence electrons. The van der Waals surface area contributed by atoms with Crippen molar-refractivity contribution >= 4 is 23.5 Å². The molecule has 1 aromatic rings. The zero-order chi connectivity index (χ0) is 16.9. The molecule has 0 aliphatic carbocycles. The Labute approximate surface area is 146 Å². The van der Waals surface area contributed by atoms with Crippen molar-refractivity contribution in [2.24, 2.45) is 5.92 Å². The van der Waals surface area contributed by atoms with Crippen LogP contribution in [0, 0.1) is 17.2 Å². The molecule has 0 radical (unpaired) electrons. The minimum absolute atomic E-state index is 0.0453. The third kappa shape index (κ3) is 3.62. The molecule has 8 heteroatoms. The van der Waals surface area contributed by atoms with Crippen LogP contribution < -0.4 is 4.90 Å². The Balaban J connectivity index is 1.76. The van der Waals surface area contributed by atoms with E-state index in [9.17, 15) is 10.1 Å². The lowest BCUT2D eigenvalue weighted by Crippen LogP contribution is -2.48. The summed E-state index contributed by atoms with van der Waals surface area (Å²) in [6.07, 6.45) is 5.28. The van der Waals surface area contributed by atoms with Gasteiger partial charge in [-0.1, -0.05) is 11.8 Å². The molecular weight excluding hydrogens is 326 g/mol. The van der Waals surface area contributed by atoms with Gasteiger partial charge in [-0.15, -0.1) is 0 Å². The number of anilines is 1. The van der Waals surface area contributed by atoms with Crippen molar-refractivity contribution in [3.63, 3.8) is 0 Å². The van der Waals surface area contributed by atoms with E-state index in [-0.39, 0.29) is 11.8 Å². The predicted octanol–water partition coefficient (Wildman–Crippen LogP) is 1.15. The highest BCUT2D eigenvalue weighted by atomic mass is 32.2. The summed E-state index contributed by atoms with van der Waals surface area (Å²) in [5, 5.41) is 9.98. The minimum atomic E-state index is -0.0453. The molecule has 1 amide bonds. The topological polar surface area (TPSA) is 82.4 Å². The average Bonchev–Trinajstić information content (AvgIpc) is 2.67. The number of rotatable bonds is 3. The summed E-state index contributed by atoms with van der Waals surface area (Å²) in [5.41, 5.74) is 0.465. The average molecular weight is 347 g/mol. The lowest BCUT2D eigenvalue weighted by atomic mass is 9.96. The van der Waals surface area contributed by atoms with Gasteiger partial charge in [0.05, 0.1) is 25.3 Å². The number of nitrogens with zero attached hydrogens (tertiary/aromatic N) is 5. The molecule has 3 rings (SSSR count). The van der Waals surface area contributed by atoms with Gasteiger partial charge in [0.15, 0.2) is 11.0 Å². The maximum absolute atomic E-state index is 12.7. The van der Waals surface area contributed by atoms with Gasteiger partial charge in [-0.2, -0.15) is 5.26 Å². The Morgan fingerprint density at radius 3 is 2.92 bits per heavy atom. The van der Waals surface area contributed by atoms with E-state index in [1.54, 1.807) is 6.20 Å². The molecule has 2 fully saturated rings. The van der Waals surface area contributed by atoms with Crippen LogP contribution in [0.1, 0.15) is 18.4 Å². The van der Waals surface area contributed by atoms with Gasteiger partial charge >= 0.3 is 0 Å². The number of hydrogen-bond acceptors (Lipinski definition) is 7. The molecule has 0 saturated carbocycles. The molecule has 2 aliphatic heterocycles. The number of thioether (sulfide) groups is 1. The second kappa shape index (κ2) is 7.81. The quantitative estimate of drug-likeness (QED) is 0.599. The molecule has 3 heterocycles. The third-order valence-electron chi connectivity index (χ3n) is 4.44. The Morgan fingerprint density at radius 1 is 1.42 bits per heavy atom. The van der Waals surface area contributed by atoms with Crippen LogP contribution in [0.5, 0.6) is 0 Å². The van der Waals surface area contributed by atoms with Crippen LogP contribution in [0.3, 0.4) is 0 Å². The normalized spacial score (nSPS) is 21.4. The minimum Gasteiger partial charge on any atom is -0.378 e. The zero-order valence-electron chi connectivity index (χ0n) is 13.8. The summed E-state index contributed by atoms with van der Waals surface area (Å²) in [7, 11) is 0. The smallest absolute Gasteiger partial charge is 0.227 e. The van der Waals surface area contributed by atoms with E-state index in [0.717, 1.165) is 19.4 Å². The number of ether oxygens (including phenoxy) is 1. The van der Waals surface area contributed by atoms with Crippen LogP contribution in [0.15, 0.2) is 11.4 Å².